The number of hydrogen-bond acceptors (Lipinski definition) is 2. The van der Waals surface area contributed by atoms with Crippen molar-refractivity contribution in [1.82, 2.24) is 9.13 Å². The lowest BCUT2D eigenvalue weighted by Crippen LogP contribution is -2.03. The molecule has 6 aromatic carbocycles. The second kappa shape index (κ2) is 9.24. The van der Waals surface area contributed by atoms with E-state index in [1.807, 2.05) is 54.6 Å². The van der Waals surface area contributed by atoms with Gasteiger partial charge in [0.05, 0.1) is 44.6 Å². The Balaban J connectivity index is 1.43. The van der Waals surface area contributed by atoms with E-state index < -0.39 is 0 Å². The molecule has 8 rings (SSSR count). The van der Waals surface area contributed by atoms with Crippen LogP contribution in [-0.4, -0.2) is 9.13 Å². The van der Waals surface area contributed by atoms with Gasteiger partial charge in [-0.1, -0.05) is 97.1 Å². The number of nitriles is 2. The zero-order valence-corrected chi connectivity index (χ0v) is 22.5. The molecule has 4 nitrogen and oxygen atoms in total. The van der Waals surface area contributed by atoms with Crippen molar-refractivity contribution >= 4 is 43.6 Å². The molecule has 2 heterocycles. The quantitative estimate of drug-likeness (QED) is 0.227. The van der Waals surface area contributed by atoms with Crippen molar-refractivity contribution in [3.05, 3.63) is 145 Å². The second-order valence-corrected chi connectivity index (χ2v) is 10.4. The summed E-state index contributed by atoms with van der Waals surface area (Å²) in [5.74, 6) is 0. The van der Waals surface area contributed by atoms with Gasteiger partial charge in [-0.05, 0) is 36.4 Å². The van der Waals surface area contributed by atoms with E-state index in [2.05, 4.69) is 100 Å². The number of para-hydroxylation sites is 5. The number of rotatable bonds is 3. The van der Waals surface area contributed by atoms with Crippen molar-refractivity contribution in [2.45, 2.75) is 0 Å². The summed E-state index contributed by atoms with van der Waals surface area (Å²) in [6.45, 7) is 0. The molecular formula is C38H22N4. The van der Waals surface area contributed by atoms with Crippen molar-refractivity contribution in [2.24, 2.45) is 0 Å². The predicted octanol–water partition coefficient (Wildman–Crippen LogP) is 9.29. The van der Waals surface area contributed by atoms with Gasteiger partial charge in [-0.15, -0.1) is 0 Å². The molecule has 42 heavy (non-hydrogen) atoms. The number of fused-ring (bicyclic) bond motifs is 6. The molecule has 0 fully saturated rings. The van der Waals surface area contributed by atoms with Gasteiger partial charge in [-0.2, -0.15) is 10.5 Å². The molecule has 2 aromatic heterocycles. The van der Waals surface area contributed by atoms with Crippen LogP contribution in [0, 0.1) is 22.7 Å². The summed E-state index contributed by atoms with van der Waals surface area (Å²) in [7, 11) is 0. The molecule has 0 aliphatic rings. The van der Waals surface area contributed by atoms with Gasteiger partial charge in [0, 0.05) is 32.7 Å². The molecule has 0 spiro atoms. The van der Waals surface area contributed by atoms with E-state index in [9.17, 15) is 10.5 Å². The maximum absolute atomic E-state index is 10.6. The molecule has 0 saturated carbocycles. The van der Waals surface area contributed by atoms with Crippen molar-refractivity contribution in [3.63, 3.8) is 0 Å². The SMILES string of the molecule is N#Cc1c(-c2ccccc2-n2c3ccccc3c3ccccc32)ccc(-n2c3ccccc3c3ccccc32)c1C#N. The first-order valence-corrected chi connectivity index (χ1v) is 13.8. The van der Waals surface area contributed by atoms with Crippen LogP contribution in [0.3, 0.4) is 0 Å². The molecule has 0 bridgehead atoms. The van der Waals surface area contributed by atoms with E-state index >= 15 is 0 Å². The third-order valence-corrected chi connectivity index (χ3v) is 8.24. The zero-order valence-electron chi connectivity index (χ0n) is 22.5. The molecular weight excluding hydrogens is 512 g/mol. The van der Waals surface area contributed by atoms with Crippen molar-refractivity contribution in [1.29, 1.82) is 10.5 Å². The van der Waals surface area contributed by atoms with Crippen LogP contribution in [0.2, 0.25) is 0 Å². The minimum atomic E-state index is 0.360. The normalized spacial score (nSPS) is 11.3. The Bertz CT molecular complexity index is 2340. The fourth-order valence-electron chi connectivity index (χ4n) is 6.49. The fraction of sp³-hybridized carbons (Fsp3) is 0. The van der Waals surface area contributed by atoms with Gasteiger partial charge in [0.25, 0.3) is 0 Å². The first kappa shape index (κ1) is 23.8. The molecule has 8 aromatic rings. The highest BCUT2D eigenvalue weighted by molar-refractivity contribution is 6.11. The highest BCUT2D eigenvalue weighted by atomic mass is 15.0. The Hall–Kier alpha value is -6.10. The van der Waals surface area contributed by atoms with Crippen LogP contribution in [-0.2, 0) is 0 Å². The zero-order chi connectivity index (χ0) is 28.2. The molecule has 0 N–H and O–H groups in total. The summed E-state index contributed by atoms with van der Waals surface area (Å²) in [5.41, 5.74) is 8.18. The average Bonchev–Trinajstić information content (AvgIpc) is 3.57. The molecule has 0 amide bonds. The van der Waals surface area contributed by atoms with Crippen LogP contribution in [0.25, 0.3) is 66.1 Å². The van der Waals surface area contributed by atoms with Gasteiger partial charge in [0.2, 0.25) is 0 Å². The van der Waals surface area contributed by atoms with Crippen LogP contribution in [0.1, 0.15) is 11.1 Å². The summed E-state index contributed by atoms with van der Waals surface area (Å²) in [6.07, 6.45) is 0. The topological polar surface area (TPSA) is 57.4 Å². The maximum atomic E-state index is 10.6. The van der Waals surface area contributed by atoms with Gasteiger partial charge in [0.15, 0.2) is 0 Å². The average molecular weight is 535 g/mol. The Morgan fingerprint density at radius 2 is 0.762 bits per heavy atom. The molecule has 194 valence electrons. The van der Waals surface area contributed by atoms with Crippen molar-refractivity contribution < 1.29 is 0 Å². The Labute approximate surface area is 242 Å². The lowest BCUT2D eigenvalue weighted by Gasteiger charge is -2.17. The molecule has 0 aliphatic heterocycles. The Kier molecular flexibility index (Phi) is 5.22. The van der Waals surface area contributed by atoms with E-state index in [-0.39, 0.29) is 0 Å². The van der Waals surface area contributed by atoms with Crippen molar-refractivity contribution in [2.75, 3.05) is 0 Å². The van der Waals surface area contributed by atoms with Gasteiger partial charge >= 0.3 is 0 Å². The van der Waals surface area contributed by atoms with E-state index in [0.29, 0.717) is 16.8 Å². The summed E-state index contributed by atoms with van der Waals surface area (Å²) in [4.78, 5) is 0. The summed E-state index contributed by atoms with van der Waals surface area (Å²) < 4.78 is 4.36. The monoisotopic (exact) mass is 534 g/mol. The number of aromatic nitrogens is 2. The van der Waals surface area contributed by atoms with Gasteiger partial charge in [0.1, 0.15) is 12.1 Å². The molecule has 0 aliphatic carbocycles. The molecule has 0 atom stereocenters. The molecule has 0 unspecified atom stereocenters. The minimum Gasteiger partial charge on any atom is -0.309 e. The highest BCUT2D eigenvalue weighted by Crippen LogP contribution is 2.40. The third kappa shape index (κ3) is 3.27. The van der Waals surface area contributed by atoms with Crippen LogP contribution in [0.4, 0.5) is 0 Å². The lowest BCUT2D eigenvalue weighted by molar-refractivity contribution is 1.16. The van der Waals surface area contributed by atoms with E-state index in [0.717, 1.165) is 49.7 Å². The third-order valence-electron chi connectivity index (χ3n) is 8.24. The Morgan fingerprint density at radius 1 is 0.357 bits per heavy atom. The molecule has 0 radical (unpaired) electrons. The first-order chi connectivity index (χ1) is 20.8. The molecule has 0 saturated heterocycles. The van der Waals surface area contributed by atoms with E-state index in [1.165, 1.54) is 10.8 Å². The summed E-state index contributed by atoms with van der Waals surface area (Å²) >= 11 is 0. The Morgan fingerprint density at radius 3 is 1.24 bits per heavy atom. The fourth-order valence-corrected chi connectivity index (χ4v) is 6.49. The van der Waals surface area contributed by atoms with Gasteiger partial charge in [-0.25, -0.2) is 0 Å². The molecule has 4 heteroatoms. The minimum absolute atomic E-state index is 0.360. The standard InChI is InChI=1S/C38H22N4/c39-23-31-25(21-22-38(32(31)24-40)42-36-19-9-4-14-29(36)30-15-5-10-20-37(30)42)26-11-1-6-16-33(26)41-34-17-7-2-12-27(34)28-13-3-8-18-35(28)41/h1-22H. The highest BCUT2D eigenvalue weighted by Gasteiger charge is 2.22. The van der Waals surface area contributed by atoms with Crippen molar-refractivity contribution in [3.8, 4) is 34.6 Å². The second-order valence-electron chi connectivity index (χ2n) is 10.4. The number of benzene rings is 6. The van der Waals surface area contributed by atoms with Crippen LogP contribution in [0.15, 0.2) is 133 Å². The number of hydrogen-bond donors (Lipinski definition) is 0. The summed E-state index contributed by atoms with van der Waals surface area (Å²) in [6, 6.07) is 50.1. The van der Waals surface area contributed by atoms with E-state index in [4.69, 9.17) is 0 Å². The largest absolute Gasteiger partial charge is 0.309 e. The lowest BCUT2D eigenvalue weighted by atomic mass is 9.93. The predicted molar refractivity (Wildman–Crippen MR) is 170 cm³/mol. The van der Waals surface area contributed by atoms with Gasteiger partial charge < -0.3 is 9.13 Å². The maximum Gasteiger partial charge on any atom is 0.103 e. The van der Waals surface area contributed by atoms with Crippen LogP contribution >= 0.6 is 0 Å². The van der Waals surface area contributed by atoms with Crippen LogP contribution in [0.5, 0.6) is 0 Å². The smallest absolute Gasteiger partial charge is 0.103 e. The van der Waals surface area contributed by atoms with Gasteiger partial charge in [-0.3, -0.25) is 0 Å². The summed E-state index contributed by atoms with van der Waals surface area (Å²) in [5, 5.41) is 25.7. The van der Waals surface area contributed by atoms with Crippen LogP contribution < -0.4 is 0 Å². The van der Waals surface area contributed by atoms with E-state index in [1.54, 1.807) is 0 Å². The first-order valence-electron chi connectivity index (χ1n) is 13.8. The number of nitrogens with zero attached hydrogens (tertiary/aromatic N) is 4.